The summed E-state index contributed by atoms with van der Waals surface area (Å²) in [4.78, 5) is 24.9. The number of nitrogens with zero attached hydrogens (tertiary/aromatic N) is 5. The van der Waals surface area contributed by atoms with E-state index in [1.165, 1.54) is 11.8 Å². The molecule has 27 heavy (non-hydrogen) atoms. The SMILES string of the molecule is CN1CCN(Cc2ccc(C(=O)NNc3nc(C#N)ncc3Br)cc2)CC1. The average molecular weight is 430 g/mol. The third kappa shape index (κ3) is 5.23. The highest BCUT2D eigenvalue weighted by atomic mass is 79.9. The molecule has 0 atom stereocenters. The number of carbonyl (C=O) groups excluding carboxylic acids is 1. The number of piperazine rings is 1. The van der Waals surface area contributed by atoms with E-state index in [4.69, 9.17) is 5.26 Å². The van der Waals surface area contributed by atoms with Gasteiger partial charge >= 0.3 is 0 Å². The second-order valence-corrected chi connectivity index (χ2v) is 7.21. The summed E-state index contributed by atoms with van der Waals surface area (Å²) in [5, 5.41) is 8.85. The summed E-state index contributed by atoms with van der Waals surface area (Å²) < 4.78 is 0.546. The van der Waals surface area contributed by atoms with Gasteiger partial charge in [-0.25, -0.2) is 4.98 Å². The molecule has 1 fully saturated rings. The van der Waals surface area contributed by atoms with E-state index in [2.05, 4.69) is 53.6 Å². The number of nitrogens with one attached hydrogen (secondary N) is 2. The fourth-order valence-electron chi connectivity index (χ4n) is 2.72. The van der Waals surface area contributed by atoms with Crippen LogP contribution in [0, 0.1) is 11.3 Å². The maximum atomic E-state index is 12.3. The van der Waals surface area contributed by atoms with Crippen molar-refractivity contribution in [3.05, 3.63) is 51.9 Å². The lowest BCUT2D eigenvalue weighted by Crippen LogP contribution is -2.43. The summed E-state index contributed by atoms with van der Waals surface area (Å²) in [5.41, 5.74) is 7.01. The van der Waals surface area contributed by atoms with Crippen LogP contribution in [0.15, 0.2) is 34.9 Å². The molecule has 1 aromatic heterocycles. The Balaban J connectivity index is 1.55. The highest BCUT2D eigenvalue weighted by Crippen LogP contribution is 2.17. The zero-order valence-electron chi connectivity index (χ0n) is 14.9. The van der Waals surface area contributed by atoms with E-state index in [1.807, 2.05) is 18.2 Å². The second-order valence-electron chi connectivity index (χ2n) is 6.36. The van der Waals surface area contributed by atoms with Crippen molar-refractivity contribution in [2.45, 2.75) is 6.54 Å². The highest BCUT2D eigenvalue weighted by molar-refractivity contribution is 9.10. The maximum absolute atomic E-state index is 12.3. The molecule has 1 amide bonds. The lowest BCUT2D eigenvalue weighted by molar-refractivity contribution is 0.0962. The molecule has 1 aromatic carbocycles. The number of benzene rings is 1. The van der Waals surface area contributed by atoms with Crippen LogP contribution >= 0.6 is 15.9 Å². The molecule has 0 radical (unpaired) electrons. The van der Waals surface area contributed by atoms with Gasteiger partial charge in [0.15, 0.2) is 5.82 Å². The number of hydrogen-bond acceptors (Lipinski definition) is 7. The van der Waals surface area contributed by atoms with Crippen LogP contribution in [0.5, 0.6) is 0 Å². The van der Waals surface area contributed by atoms with Gasteiger partial charge < -0.3 is 4.90 Å². The van der Waals surface area contributed by atoms with Gasteiger partial charge in [0.05, 0.1) is 4.47 Å². The van der Waals surface area contributed by atoms with E-state index >= 15 is 0 Å². The summed E-state index contributed by atoms with van der Waals surface area (Å²) in [6, 6.07) is 9.41. The first kappa shape index (κ1) is 19.2. The van der Waals surface area contributed by atoms with Crippen LogP contribution in [-0.2, 0) is 6.54 Å². The normalized spacial score (nSPS) is 15.1. The molecule has 1 saturated heterocycles. The molecule has 2 heterocycles. The lowest BCUT2D eigenvalue weighted by Gasteiger charge is -2.32. The molecular weight excluding hydrogens is 410 g/mol. The molecule has 9 heteroatoms. The Bertz CT molecular complexity index is 842. The van der Waals surface area contributed by atoms with E-state index in [-0.39, 0.29) is 11.7 Å². The largest absolute Gasteiger partial charge is 0.304 e. The van der Waals surface area contributed by atoms with Gasteiger partial charge in [-0.05, 0) is 40.7 Å². The number of likely N-dealkylation sites (N-methyl/N-ethyl adjacent to an activating group) is 1. The van der Waals surface area contributed by atoms with E-state index in [9.17, 15) is 4.79 Å². The number of rotatable bonds is 5. The second kappa shape index (κ2) is 8.90. The Hall–Kier alpha value is -2.54. The number of halogens is 1. The fraction of sp³-hybridized carbons (Fsp3) is 0.333. The van der Waals surface area contributed by atoms with E-state index in [1.54, 1.807) is 12.1 Å². The summed E-state index contributed by atoms with van der Waals surface area (Å²) in [5.74, 6) is 0.0509. The third-order valence-electron chi connectivity index (χ3n) is 4.36. The molecule has 1 aliphatic rings. The molecule has 0 bridgehead atoms. The number of carbonyl (C=O) groups is 1. The first-order chi connectivity index (χ1) is 13.0. The molecule has 140 valence electrons. The Labute approximate surface area is 166 Å². The first-order valence-electron chi connectivity index (χ1n) is 8.54. The van der Waals surface area contributed by atoms with Gasteiger partial charge in [-0.2, -0.15) is 10.2 Å². The Morgan fingerprint density at radius 2 is 1.96 bits per heavy atom. The van der Waals surface area contributed by atoms with Crippen LogP contribution in [-0.4, -0.2) is 58.9 Å². The average Bonchev–Trinajstić information content (AvgIpc) is 2.69. The molecule has 3 rings (SSSR count). The molecule has 0 unspecified atom stereocenters. The van der Waals surface area contributed by atoms with Gasteiger partial charge in [-0.1, -0.05) is 12.1 Å². The third-order valence-corrected chi connectivity index (χ3v) is 4.94. The van der Waals surface area contributed by atoms with Crippen molar-refractivity contribution in [3.63, 3.8) is 0 Å². The summed E-state index contributed by atoms with van der Waals surface area (Å²) in [7, 11) is 2.14. The van der Waals surface area contributed by atoms with Crippen LogP contribution < -0.4 is 10.9 Å². The standard InChI is InChI=1S/C18H20BrN7O/c1-25-6-8-26(9-7-25)12-13-2-4-14(5-3-13)18(27)24-23-17-15(19)11-21-16(10-20)22-17/h2-5,11H,6-9,12H2,1H3,(H,24,27)(H,21,22,23). The highest BCUT2D eigenvalue weighted by Gasteiger charge is 2.14. The summed E-state index contributed by atoms with van der Waals surface area (Å²) in [6.07, 6.45) is 1.45. The number of hydrogen-bond donors (Lipinski definition) is 2. The van der Waals surface area contributed by atoms with E-state index in [0.29, 0.717) is 15.9 Å². The zero-order chi connectivity index (χ0) is 19.2. The van der Waals surface area contributed by atoms with E-state index in [0.717, 1.165) is 32.7 Å². The number of hydrazine groups is 1. The molecular formula is C18H20BrN7O. The Morgan fingerprint density at radius 1 is 1.26 bits per heavy atom. The van der Waals surface area contributed by atoms with Gasteiger partial charge in [0.1, 0.15) is 6.07 Å². The molecule has 8 nitrogen and oxygen atoms in total. The van der Waals surface area contributed by atoms with Crippen molar-refractivity contribution in [1.82, 2.24) is 25.2 Å². The molecule has 2 aromatic rings. The minimum Gasteiger partial charge on any atom is -0.304 e. The van der Waals surface area contributed by atoms with E-state index < -0.39 is 0 Å². The quantitative estimate of drug-likeness (QED) is 0.696. The molecule has 0 spiro atoms. The van der Waals surface area contributed by atoms with Crippen molar-refractivity contribution in [2.75, 3.05) is 38.7 Å². The molecule has 0 saturated carbocycles. The predicted molar refractivity (Wildman–Crippen MR) is 105 cm³/mol. The fourth-order valence-corrected chi connectivity index (χ4v) is 3.01. The van der Waals surface area contributed by atoms with Crippen LogP contribution in [0.1, 0.15) is 21.7 Å². The summed E-state index contributed by atoms with van der Waals surface area (Å²) in [6.45, 7) is 5.16. The van der Waals surface area contributed by atoms with Crippen molar-refractivity contribution < 1.29 is 4.79 Å². The Kier molecular flexibility index (Phi) is 6.34. The lowest BCUT2D eigenvalue weighted by atomic mass is 10.1. The van der Waals surface area contributed by atoms with Crippen LogP contribution in [0.2, 0.25) is 0 Å². The van der Waals surface area contributed by atoms with Crippen LogP contribution in [0.25, 0.3) is 0 Å². The Morgan fingerprint density at radius 3 is 2.63 bits per heavy atom. The van der Waals surface area contributed by atoms with Gasteiger partial charge in [-0.15, -0.1) is 0 Å². The number of aromatic nitrogens is 2. The predicted octanol–water partition coefficient (Wildman–Crippen LogP) is 1.62. The molecule has 0 aliphatic carbocycles. The number of anilines is 1. The topological polar surface area (TPSA) is 97.2 Å². The van der Waals surface area contributed by atoms with Gasteiger partial charge in [0.25, 0.3) is 5.91 Å². The van der Waals surface area contributed by atoms with Crippen LogP contribution in [0.3, 0.4) is 0 Å². The first-order valence-corrected chi connectivity index (χ1v) is 9.33. The van der Waals surface area contributed by atoms with Crippen molar-refractivity contribution in [1.29, 1.82) is 5.26 Å². The summed E-state index contributed by atoms with van der Waals surface area (Å²) >= 11 is 3.27. The van der Waals surface area contributed by atoms with Gasteiger partial charge in [0.2, 0.25) is 5.82 Å². The maximum Gasteiger partial charge on any atom is 0.269 e. The van der Waals surface area contributed by atoms with Crippen molar-refractivity contribution in [2.24, 2.45) is 0 Å². The molecule has 1 aliphatic heterocycles. The minimum atomic E-state index is -0.287. The van der Waals surface area contributed by atoms with Crippen molar-refractivity contribution in [3.8, 4) is 6.07 Å². The minimum absolute atomic E-state index is 0.0169. The molecule has 2 N–H and O–H groups in total. The van der Waals surface area contributed by atoms with Crippen molar-refractivity contribution >= 4 is 27.7 Å². The van der Waals surface area contributed by atoms with Crippen LogP contribution in [0.4, 0.5) is 5.82 Å². The zero-order valence-corrected chi connectivity index (χ0v) is 16.5. The monoisotopic (exact) mass is 429 g/mol. The number of nitriles is 1. The smallest absolute Gasteiger partial charge is 0.269 e. The van der Waals surface area contributed by atoms with Gasteiger partial charge in [0, 0.05) is 44.5 Å². The number of amides is 1. The van der Waals surface area contributed by atoms with Gasteiger partial charge in [-0.3, -0.25) is 20.5 Å².